The molecule has 0 saturated heterocycles. The molecular weight excluding hydrogens is 280 g/mol. The number of halogens is 1. The van der Waals surface area contributed by atoms with Crippen LogP contribution in [0.3, 0.4) is 0 Å². The third kappa shape index (κ3) is 2.60. The summed E-state index contributed by atoms with van der Waals surface area (Å²) in [5.74, 6) is 0.0865. The van der Waals surface area contributed by atoms with E-state index in [1.807, 2.05) is 26.0 Å². The van der Waals surface area contributed by atoms with E-state index >= 15 is 0 Å². The minimum atomic E-state index is 0.0865. The molecule has 0 spiro atoms. The van der Waals surface area contributed by atoms with Gasteiger partial charge in [-0.15, -0.1) is 0 Å². The summed E-state index contributed by atoms with van der Waals surface area (Å²) in [6.45, 7) is 4.72. The van der Waals surface area contributed by atoms with E-state index in [9.17, 15) is 4.79 Å². The Kier molecular flexibility index (Phi) is 3.67. The first kappa shape index (κ1) is 12.4. The van der Waals surface area contributed by atoms with E-state index in [2.05, 4.69) is 15.9 Å². The predicted octanol–water partition coefficient (Wildman–Crippen LogP) is 3.94. The number of carbonyl (C=O) groups is 1. The van der Waals surface area contributed by atoms with Crippen molar-refractivity contribution in [3.05, 3.63) is 45.1 Å². The van der Waals surface area contributed by atoms with Gasteiger partial charge < -0.3 is 4.74 Å². The second-order valence-corrected chi connectivity index (χ2v) is 5.16. The SMILES string of the molecule is Cc1cc(C(=O)C2=COCCC2)cc(C)c1Br. The Morgan fingerprint density at radius 3 is 2.47 bits per heavy atom. The molecule has 3 heteroatoms. The number of rotatable bonds is 2. The highest BCUT2D eigenvalue weighted by atomic mass is 79.9. The van der Waals surface area contributed by atoms with Crippen molar-refractivity contribution in [2.75, 3.05) is 6.61 Å². The van der Waals surface area contributed by atoms with Crippen LogP contribution in [-0.2, 0) is 4.74 Å². The molecule has 90 valence electrons. The standard InChI is InChI=1S/C14H15BrO2/c1-9-6-12(7-10(2)13(9)15)14(16)11-4-3-5-17-8-11/h6-8H,3-5H2,1-2H3. The molecule has 0 amide bonds. The average molecular weight is 295 g/mol. The van der Waals surface area contributed by atoms with Crippen LogP contribution in [0, 0.1) is 13.8 Å². The van der Waals surface area contributed by atoms with E-state index in [0.717, 1.165) is 46.2 Å². The van der Waals surface area contributed by atoms with Gasteiger partial charge in [0.15, 0.2) is 5.78 Å². The van der Waals surface area contributed by atoms with Gasteiger partial charge in [0.05, 0.1) is 12.9 Å². The van der Waals surface area contributed by atoms with Gasteiger partial charge in [0.1, 0.15) is 0 Å². The molecule has 2 rings (SSSR count). The Morgan fingerprint density at radius 2 is 1.94 bits per heavy atom. The molecule has 0 radical (unpaired) electrons. The van der Waals surface area contributed by atoms with Gasteiger partial charge in [0, 0.05) is 15.6 Å². The van der Waals surface area contributed by atoms with Crippen LogP contribution in [0.1, 0.15) is 34.3 Å². The molecule has 17 heavy (non-hydrogen) atoms. The van der Waals surface area contributed by atoms with E-state index in [0.29, 0.717) is 0 Å². The number of ether oxygens (including phenoxy) is 1. The van der Waals surface area contributed by atoms with Crippen LogP contribution in [0.2, 0.25) is 0 Å². The van der Waals surface area contributed by atoms with Crippen molar-refractivity contribution in [3.63, 3.8) is 0 Å². The van der Waals surface area contributed by atoms with Gasteiger partial charge in [-0.1, -0.05) is 15.9 Å². The Balaban J connectivity index is 2.34. The summed E-state index contributed by atoms with van der Waals surface area (Å²) in [6.07, 6.45) is 3.34. The highest BCUT2D eigenvalue weighted by Crippen LogP contribution is 2.25. The zero-order valence-corrected chi connectivity index (χ0v) is 11.6. The quantitative estimate of drug-likeness (QED) is 0.772. The maximum atomic E-state index is 12.3. The molecule has 0 N–H and O–H groups in total. The monoisotopic (exact) mass is 294 g/mol. The molecule has 0 atom stereocenters. The highest BCUT2D eigenvalue weighted by molar-refractivity contribution is 9.10. The van der Waals surface area contributed by atoms with Crippen LogP contribution in [0.5, 0.6) is 0 Å². The molecule has 0 aliphatic carbocycles. The summed E-state index contributed by atoms with van der Waals surface area (Å²) < 4.78 is 6.29. The van der Waals surface area contributed by atoms with Crippen LogP contribution >= 0.6 is 15.9 Å². The first-order valence-corrected chi connectivity index (χ1v) is 6.51. The summed E-state index contributed by atoms with van der Waals surface area (Å²) in [7, 11) is 0. The van der Waals surface area contributed by atoms with E-state index < -0.39 is 0 Å². The summed E-state index contributed by atoms with van der Waals surface area (Å²) in [6, 6.07) is 3.85. The maximum absolute atomic E-state index is 12.3. The molecule has 1 heterocycles. The number of hydrogen-bond acceptors (Lipinski definition) is 2. The molecule has 0 unspecified atom stereocenters. The zero-order valence-electron chi connectivity index (χ0n) is 10.0. The minimum absolute atomic E-state index is 0.0865. The van der Waals surface area contributed by atoms with Crippen LogP contribution < -0.4 is 0 Å². The van der Waals surface area contributed by atoms with Gasteiger partial charge in [-0.2, -0.15) is 0 Å². The first-order chi connectivity index (χ1) is 8.09. The molecule has 1 aromatic carbocycles. The Hall–Kier alpha value is -1.09. The molecule has 2 nitrogen and oxygen atoms in total. The number of benzene rings is 1. The largest absolute Gasteiger partial charge is 0.501 e. The van der Waals surface area contributed by atoms with Crippen molar-refractivity contribution >= 4 is 21.7 Å². The van der Waals surface area contributed by atoms with Crippen molar-refractivity contribution in [1.82, 2.24) is 0 Å². The first-order valence-electron chi connectivity index (χ1n) is 5.71. The Morgan fingerprint density at radius 1 is 1.29 bits per heavy atom. The Labute approximate surface area is 110 Å². The van der Waals surface area contributed by atoms with Gasteiger partial charge in [0.25, 0.3) is 0 Å². The lowest BCUT2D eigenvalue weighted by Crippen LogP contribution is -2.10. The average Bonchev–Trinajstić information content (AvgIpc) is 2.35. The third-order valence-corrected chi connectivity index (χ3v) is 4.18. The topological polar surface area (TPSA) is 26.3 Å². The summed E-state index contributed by atoms with van der Waals surface area (Å²) >= 11 is 3.51. The van der Waals surface area contributed by atoms with Gasteiger partial charge in [-0.3, -0.25) is 4.79 Å². The van der Waals surface area contributed by atoms with E-state index in [4.69, 9.17) is 4.74 Å². The highest BCUT2D eigenvalue weighted by Gasteiger charge is 2.16. The number of hydrogen-bond donors (Lipinski definition) is 0. The molecule has 0 fully saturated rings. The predicted molar refractivity (Wildman–Crippen MR) is 71.2 cm³/mol. The van der Waals surface area contributed by atoms with Crippen molar-refractivity contribution in [2.45, 2.75) is 26.7 Å². The molecule has 0 bridgehead atoms. The zero-order chi connectivity index (χ0) is 12.4. The summed E-state index contributed by atoms with van der Waals surface area (Å²) in [5.41, 5.74) is 3.70. The van der Waals surface area contributed by atoms with E-state index in [-0.39, 0.29) is 5.78 Å². The fourth-order valence-corrected chi connectivity index (χ4v) is 2.22. The van der Waals surface area contributed by atoms with Crippen molar-refractivity contribution < 1.29 is 9.53 Å². The number of carbonyl (C=O) groups excluding carboxylic acids is 1. The molecular formula is C14H15BrO2. The number of Topliss-reactive ketones (excluding diaryl/α,β-unsaturated/α-hetero) is 1. The summed E-state index contributed by atoms with van der Waals surface area (Å²) in [5, 5.41) is 0. The van der Waals surface area contributed by atoms with Crippen molar-refractivity contribution in [1.29, 1.82) is 0 Å². The lowest BCUT2D eigenvalue weighted by Gasteiger charge is -2.13. The molecule has 0 saturated carbocycles. The molecule has 0 aromatic heterocycles. The smallest absolute Gasteiger partial charge is 0.192 e. The van der Waals surface area contributed by atoms with Crippen LogP contribution in [0.25, 0.3) is 0 Å². The van der Waals surface area contributed by atoms with E-state index in [1.165, 1.54) is 0 Å². The third-order valence-electron chi connectivity index (χ3n) is 2.92. The molecule has 1 aromatic rings. The van der Waals surface area contributed by atoms with Gasteiger partial charge in [0.2, 0.25) is 0 Å². The molecule has 1 aliphatic rings. The second kappa shape index (κ2) is 5.05. The second-order valence-electron chi connectivity index (χ2n) is 4.37. The van der Waals surface area contributed by atoms with Crippen molar-refractivity contribution in [3.8, 4) is 0 Å². The lowest BCUT2D eigenvalue weighted by atomic mass is 9.97. The number of aryl methyl sites for hydroxylation is 2. The summed E-state index contributed by atoms with van der Waals surface area (Å²) in [4.78, 5) is 12.3. The number of ketones is 1. The molecule has 1 aliphatic heterocycles. The lowest BCUT2D eigenvalue weighted by molar-refractivity contribution is 0.101. The van der Waals surface area contributed by atoms with Gasteiger partial charge in [-0.25, -0.2) is 0 Å². The normalized spacial score (nSPS) is 15.1. The van der Waals surface area contributed by atoms with Crippen LogP contribution in [0.15, 0.2) is 28.4 Å². The Bertz CT molecular complexity index is 466. The van der Waals surface area contributed by atoms with Crippen molar-refractivity contribution in [2.24, 2.45) is 0 Å². The van der Waals surface area contributed by atoms with Gasteiger partial charge >= 0.3 is 0 Å². The fraction of sp³-hybridized carbons (Fsp3) is 0.357. The number of allylic oxidation sites excluding steroid dienone is 1. The minimum Gasteiger partial charge on any atom is -0.501 e. The van der Waals surface area contributed by atoms with Gasteiger partial charge in [-0.05, 0) is 49.9 Å². The van der Waals surface area contributed by atoms with E-state index in [1.54, 1.807) is 6.26 Å². The van der Waals surface area contributed by atoms with Crippen LogP contribution in [0.4, 0.5) is 0 Å². The van der Waals surface area contributed by atoms with Crippen LogP contribution in [-0.4, -0.2) is 12.4 Å². The fourth-order valence-electron chi connectivity index (χ4n) is 1.99. The maximum Gasteiger partial charge on any atom is 0.192 e.